The fourth-order valence-electron chi connectivity index (χ4n) is 1.96. The van der Waals surface area contributed by atoms with E-state index in [1.807, 2.05) is 18.2 Å². The van der Waals surface area contributed by atoms with Crippen LogP contribution in [0.5, 0.6) is 0 Å². The second-order valence-corrected chi connectivity index (χ2v) is 4.25. The average Bonchev–Trinajstić information content (AvgIpc) is 2.84. The summed E-state index contributed by atoms with van der Waals surface area (Å²) in [4.78, 5) is 4.45. The van der Waals surface area contributed by atoms with E-state index in [1.165, 1.54) is 6.42 Å². The van der Waals surface area contributed by atoms with Crippen molar-refractivity contribution in [2.75, 3.05) is 6.54 Å². The molecule has 0 bridgehead atoms. The standard InChI is InChI=1S/C11H11ClN2O/c12-7-3-4-8-10(6-7)15-11(14-8)9-2-1-5-13-9/h3-4,6,9,13H,1-2,5H2/t9-/m0/s1. The number of hydrogen-bond donors (Lipinski definition) is 1. The number of aromatic nitrogens is 1. The molecule has 1 fully saturated rings. The van der Waals surface area contributed by atoms with Gasteiger partial charge >= 0.3 is 0 Å². The van der Waals surface area contributed by atoms with Crippen molar-refractivity contribution in [1.82, 2.24) is 10.3 Å². The summed E-state index contributed by atoms with van der Waals surface area (Å²) in [6.07, 6.45) is 2.28. The molecule has 0 amide bonds. The highest BCUT2D eigenvalue weighted by Gasteiger charge is 2.21. The maximum atomic E-state index is 5.88. The molecule has 0 spiro atoms. The molecule has 2 heterocycles. The minimum absolute atomic E-state index is 0.274. The van der Waals surface area contributed by atoms with Crippen molar-refractivity contribution in [3.05, 3.63) is 29.1 Å². The lowest BCUT2D eigenvalue weighted by Gasteiger charge is -2.02. The van der Waals surface area contributed by atoms with Gasteiger partial charge in [-0.15, -0.1) is 0 Å². The van der Waals surface area contributed by atoms with E-state index in [-0.39, 0.29) is 6.04 Å². The lowest BCUT2D eigenvalue weighted by atomic mass is 10.2. The topological polar surface area (TPSA) is 38.1 Å². The second kappa shape index (κ2) is 3.51. The van der Waals surface area contributed by atoms with Crippen molar-refractivity contribution >= 4 is 22.7 Å². The lowest BCUT2D eigenvalue weighted by molar-refractivity contribution is 0.452. The molecule has 78 valence electrons. The van der Waals surface area contributed by atoms with Crippen LogP contribution in [0.2, 0.25) is 5.02 Å². The van der Waals surface area contributed by atoms with Gasteiger partial charge in [-0.25, -0.2) is 4.98 Å². The second-order valence-electron chi connectivity index (χ2n) is 3.81. The third kappa shape index (κ3) is 1.62. The van der Waals surface area contributed by atoms with E-state index in [9.17, 15) is 0 Å². The zero-order chi connectivity index (χ0) is 10.3. The van der Waals surface area contributed by atoms with Crippen LogP contribution in [0.15, 0.2) is 22.6 Å². The van der Waals surface area contributed by atoms with Crippen LogP contribution in [0.1, 0.15) is 24.8 Å². The van der Waals surface area contributed by atoms with Crippen molar-refractivity contribution in [3.8, 4) is 0 Å². The number of fused-ring (bicyclic) bond motifs is 1. The fourth-order valence-corrected chi connectivity index (χ4v) is 2.12. The Hall–Kier alpha value is -1.06. The Balaban J connectivity index is 2.05. The van der Waals surface area contributed by atoms with Gasteiger partial charge in [0.2, 0.25) is 5.89 Å². The van der Waals surface area contributed by atoms with E-state index in [2.05, 4.69) is 10.3 Å². The van der Waals surface area contributed by atoms with Gasteiger partial charge in [-0.1, -0.05) is 11.6 Å². The molecule has 3 nitrogen and oxygen atoms in total. The summed E-state index contributed by atoms with van der Waals surface area (Å²) in [6.45, 7) is 1.05. The molecule has 2 aromatic rings. The summed E-state index contributed by atoms with van der Waals surface area (Å²) >= 11 is 5.88. The first-order valence-corrected chi connectivity index (χ1v) is 5.50. The zero-order valence-corrected chi connectivity index (χ0v) is 8.92. The molecular formula is C11H11ClN2O. The van der Waals surface area contributed by atoms with E-state index in [0.717, 1.165) is 30.0 Å². The van der Waals surface area contributed by atoms with Gasteiger partial charge in [-0.05, 0) is 31.5 Å². The van der Waals surface area contributed by atoms with Gasteiger partial charge in [0.15, 0.2) is 5.58 Å². The van der Waals surface area contributed by atoms with Gasteiger partial charge in [0.05, 0.1) is 6.04 Å². The predicted octanol–water partition coefficient (Wildman–Crippen LogP) is 2.91. The molecule has 1 saturated heterocycles. The number of nitrogens with zero attached hydrogens (tertiary/aromatic N) is 1. The summed E-state index contributed by atoms with van der Waals surface area (Å²) < 4.78 is 5.67. The summed E-state index contributed by atoms with van der Waals surface area (Å²) in [5.41, 5.74) is 1.65. The van der Waals surface area contributed by atoms with Crippen LogP contribution >= 0.6 is 11.6 Å². The first-order chi connectivity index (χ1) is 7.33. The molecule has 1 N–H and O–H groups in total. The highest BCUT2D eigenvalue weighted by atomic mass is 35.5. The SMILES string of the molecule is Clc1ccc2nc([C@@H]3CCCN3)oc2c1. The highest BCUT2D eigenvalue weighted by Crippen LogP contribution is 2.27. The van der Waals surface area contributed by atoms with E-state index in [0.29, 0.717) is 5.02 Å². The fraction of sp³-hybridized carbons (Fsp3) is 0.364. The van der Waals surface area contributed by atoms with E-state index in [1.54, 1.807) is 0 Å². The van der Waals surface area contributed by atoms with Gasteiger partial charge in [-0.3, -0.25) is 0 Å². The van der Waals surface area contributed by atoms with Crippen LogP contribution in [0.3, 0.4) is 0 Å². The van der Waals surface area contributed by atoms with Crippen LogP contribution < -0.4 is 5.32 Å². The molecule has 0 unspecified atom stereocenters. The monoisotopic (exact) mass is 222 g/mol. The van der Waals surface area contributed by atoms with E-state index >= 15 is 0 Å². The Morgan fingerprint density at radius 3 is 3.20 bits per heavy atom. The predicted molar refractivity (Wildman–Crippen MR) is 59.0 cm³/mol. The van der Waals surface area contributed by atoms with Crippen molar-refractivity contribution in [2.24, 2.45) is 0 Å². The molecule has 3 rings (SSSR count). The minimum Gasteiger partial charge on any atom is -0.439 e. The molecule has 0 aliphatic carbocycles. The average molecular weight is 223 g/mol. The molecule has 0 radical (unpaired) electrons. The molecular weight excluding hydrogens is 212 g/mol. The normalized spacial score (nSPS) is 21.3. The number of halogens is 1. The molecule has 1 aromatic heterocycles. The van der Waals surface area contributed by atoms with Crippen LogP contribution in [0.25, 0.3) is 11.1 Å². The number of nitrogens with one attached hydrogen (secondary N) is 1. The van der Waals surface area contributed by atoms with Gasteiger partial charge < -0.3 is 9.73 Å². The van der Waals surface area contributed by atoms with Crippen molar-refractivity contribution < 1.29 is 4.42 Å². The first kappa shape index (κ1) is 9.19. The van der Waals surface area contributed by atoms with Gasteiger partial charge in [0, 0.05) is 11.1 Å². The smallest absolute Gasteiger partial charge is 0.212 e. The molecule has 15 heavy (non-hydrogen) atoms. The number of rotatable bonds is 1. The Bertz CT molecular complexity index is 488. The Kier molecular flexibility index (Phi) is 2.15. The van der Waals surface area contributed by atoms with Crippen LogP contribution in [-0.2, 0) is 0 Å². The van der Waals surface area contributed by atoms with Crippen LogP contribution in [-0.4, -0.2) is 11.5 Å². The third-order valence-corrected chi connectivity index (χ3v) is 2.96. The molecule has 0 saturated carbocycles. The largest absolute Gasteiger partial charge is 0.439 e. The summed E-state index contributed by atoms with van der Waals surface area (Å²) in [6, 6.07) is 5.80. The lowest BCUT2D eigenvalue weighted by Crippen LogP contribution is -2.12. The molecule has 1 aliphatic rings. The van der Waals surface area contributed by atoms with Gasteiger partial charge in [-0.2, -0.15) is 0 Å². The van der Waals surface area contributed by atoms with Gasteiger partial charge in [0.1, 0.15) is 5.52 Å². The first-order valence-electron chi connectivity index (χ1n) is 5.12. The molecule has 1 atom stereocenters. The van der Waals surface area contributed by atoms with Crippen LogP contribution in [0.4, 0.5) is 0 Å². The zero-order valence-electron chi connectivity index (χ0n) is 8.16. The summed E-state index contributed by atoms with van der Waals surface area (Å²) in [5, 5.41) is 4.04. The summed E-state index contributed by atoms with van der Waals surface area (Å²) in [5.74, 6) is 0.782. The van der Waals surface area contributed by atoms with E-state index in [4.69, 9.17) is 16.0 Å². The van der Waals surface area contributed by atoms with Crippen molar-refractivity contribution in [2.45, 2.75) is 18.9 Å². The molecule has 1 aromatic carbocycles. The molecule has 1 aliphatic heterocycles. The Morgan fingerprint density at radius 2 is 2.40 bits per heavy atom. The maximum absolute atomic E-state index is 5.88. The van der Waals surface area contributed by atoms with Crippen molar-refractivity contribution in [3.63, 3.8) is 0 Å². The van der Waals surface area contributed by atoms with Crippen molar-refractivity contribution in [1.29, 1.82) is 0 Å². The quantitative estimate of drug-likeness (QED) is 0.806. The van der Waals surface area contributed by atoms with E-state index < -0.39 is 0 Å². The summed E-state index contributed by atoms with van der Waals surface area (Å²) in [7, 11) is 0. The minimum atomic E-state index is 0.274. The Labute approximate surface area is 92.4 Å². The number of benzene rings is 1. The van der Waals surface area contributed by atoms with Crippen LogP contribution in [0, 0.1) is 0 Å². The van der Waals surface area contributed by atoms with Gasteiger partial charge in [0.25, 0.3) is 0 Å². The number of hydrogen-bond acceptors (Lipinski definition) is 3. The highest BCUT2D eigenvalue weighted by molar-refractivity contribution is 6.31. The third-order valence-electron chi connectivity index (χ3n) is 2.73. The maximum Gasteiger partial charge on any atom is 0.212 e. The molecule has 4 heteroatoms. The number of oxazole rings is 1. The Morgan fingerprint density at radius 1 is 1.47 bits per heavy atom.